The van der Waals surface area contributed by atoms with Crippen LogP contribution in [0.1, 0.15) is 63.9 Å². The number of methoxy groups -OCH3 is 1. The fraction of sp³-hybridized carbons (Fsp3) is 0.536. The number of ether oxygens (including phenoxy) is 1. The first kappa shape index (κ1) is 26.7. The highest BCUT2D eigenvalue weighted by Gasteiger charge is 2.52. The van der Waals surface area contributed by atoms with Crippen LogP contribution in [0.25, 0.3) is 11.1 Å². The molecule has 2 amide bonds. The lowest BCUT2D eigenvalue weighted by Crippen LogP contribution is -2.59. The molecule has 2 fully saturated rings. The number of carbonyl (C=O) groups excluding carboxylic acids is 2. The Labute approximate surface area is 217 Å². The van der Waals surface area contributed by atoms with Crippen molar-refractivity contribution < 1.29 is 28.6 Å². The summed E-state index contributed by atoms with van der Waals surface area (Å²) in [5, 5.41) is 16.5. The van der Waals surface area contributed by atoms with E-state index >= 15 is 0 Å². The smallest absolute Gasteiger partial charge is 0.311 e. The summed E-state index contributed by atoms with van der Waals surface area (Å²) in [5.74, 6) is -0.775. The van der Waals surface area contributed by atoms with Gasteiger partial charge in [0.15, 0.2) is 5.76 Å². The van der Waals surface area contributed by atoms with Gasteiger partial charge in [-0.3, -0.25) is 14.4 Å². The molecule has 3 N–H and O–H groups in total. The number of carboxylic acid groups (broad SMARTS) is 1. The number of furan rings is 1. The normalized spacial score (nSPS) is 26.2. The molecule has 1 aromatic heterocycles. The van der Waals surface area contributed by atoms with Crippen LogP contribution >= 0.6 is 0 Å². The zero-order valence-electron chi connectivity index (χ0n) is 22.2. The van der Waals surface area contributed by atoms with Crippen LogP contribution in [0.4, 0.5) is 0 Å². The summed E-state index contributed by atoms with van der Waals surface area (Å²) in [6.45, 7) is 8.33. The van der Waals surface area contributed by atoms with Crippen LogP contribution in [0, 0.1) is 5.41 Å². The van der Waals surface area contributed by atoms with Crippen LogP contribution in [0.15, 0.2) is 41.0 Å². The third-order valence-corrected chi connectivity index (χ3v) is 7.49. The molecule has 1 saturated carbocycles. The maximum atomic E-state index is 13.3. The number of nitrogens with zero attached hydrogens (tertiary/aromatic N) is 1. The van der Waals surface area contributed by atoms with Crippen molar-refractivity contribution in [2.24, 2.45) is 5.41 Å². The van der Waals surface area contributed by atoms with E-state index in [2.05, 4.69) is 31.4 Å². The molecule has 0 spiro atoms. The Hall–Kier alpha value is -3.33. The molecular formula is C28H37N3O6. The Kier molecular flexibility index (Phi) is 7.37. The molecule has 0 bridgehead atoms. The van der Waals surface area contributed by atoms with E-state index in [4.69, 9.17) is 9.15 Å². The van der Waals surface area contributed by atoms with Gasteiger partial charge in [0, 0.05) is 29.7 Å². The number of rotatable bonds is 7. The monoisotopic (exact) mass is 511 g/mol. The second kappa shape index (κ2) is 10.2. The highest BCUT2D eigenvalue weighted by atomic mass is 16.5. The molecule has 1 saturated heterocycles. The first-order chi connectivity index (χ1) is 17.4. The minimum Gasteiger partial charge on any atom is -0.497 e. The molecule has 9 nitrogen and oxygen atoms in total. The number of carboxylic acids is 1. The Balaban J connectivity index is 1.42. The lowest BCUT2D eigenvalue weighted by atomic mass is 9.68. The van der Waals surface area contributed by atoms with Gasteiger partial charge in [0.25, 0.3) is 5.91 Å². The van der Waals surface area contributed by atoms with Gasteiger partial charge in [-0.2, -0.15) is 0 Å². The number of carbonyl (C=O) groups is 3. The zero-order chi connectivity index (χ0) is 27.0. The minimum absolute atomic E-state index is 0.0596. The number of amides is 2. The van der Waals surface area contributed by atoms with Crippen molar-refractivity contribution in [3.05, 3.63) is 42.4 Å². The maximum Gasteiger partial charge on any atom is 0.311 e. The van der Waals surface area contributed by atoms with Crippen LogP contribution in [-0.4, -0.2) is 65.1 Å². The van der Waals surface area contributed by atoms with Crippen molar-refractivity contribution >= 4 is 17.8 Å². The summed E-state index contributed by atoms with van der Waals surface area (Å²) in [5.41, 5.74) is 0.403. The minimum atomic E-state index is -1.08. The summed E-state index contributed by atoms with van der Waals surface area (Å²) in [6, 6.07) is 7.94. The zero-order valence-corrected chi connectivity index (χ0v) is 22.2. The molecule has 2 heterocycles. The molecule has 0 radical (unpaired) electrons. The van der Waals surface area contributed by atoms with Gasteiger partial charge in [-0.1, -0.05) is 12.1 Å². The molecule has 1 aliphatic heterocycles. The molecule has 4 rings (SSSR count). The SMILES string of the molecule is COc1ccc(-c2coc(C(=O)N[C@H]3CCN(C4CCC(NC(C)(C)C)CC4(C)C(=O)O)C3=O)c2)cc1. The number of benzene rings is 1. The Morgan fingerprint density at radius 2 is 1.84 bits per heavy atom. The topological polar surface area (TPSA) is 121 Å². The molecule has 2 aliphatic rings. The quantitative estimate of drug-likeness (QED) is 0.518. The summed E-state index contributed by atoms with van der Waals surface area (Å²) >= 11 is 0. The predicted molar refractivity (Wildman–Crippen MR) is 138 cm³/mol. The molecule has 37 heavy (non-hydrogen) atoms. The van der Waals surface area contributed by atoms with E-state index < -0.39 is 29.4 Å². The molecule has 3 unspecified atom stereocenters. The number of aliphatic carboxylic acids is 1. The lowest BCUT2D eigenvalue weighted by molar-refractivity contribution is -0.158. The van der Waals surface area contributed by atoms with Crippen LogP contribution in [0.5, 0.6) is 5.75 Å². The van der Waals surface area contributed by atoms with Crippen molar-refractivity contribution in [1.29, 1.82) is 0 Å². The van der Waals surface area contributed by atoms with Gasteiger partial charge in [-0.05, 0) is 77.1 Å². The second-order valence-corrected chi connectivity index (χ2v) is 11.4. The molecule has 200 valence electrons. The van der Waals surface area contributed by atoms with Crippen molar-refractivity contribution in [2.75, 3.05) is 13.7 Å². The number of hydrogen-bond donors (Lipinski definition) is 3. The van der Waals surface area contributed by atoms with Gasteiger partial charge in [0.2, 0.25) is 5.91 Å². The summed E-state index contributed by atoms with van der Waals surface area (Å²) in [7, 11) is 1.60. The molecule has 1 aromatic carbocycles. The lowest BCUT2D eigenvalue weighted by Gasteiger charge is -2.47. The number of nitrogens with one attached hydrogen (secondary N) is 2. The Bertz CT molecular complexity index is 1150. The maximum absolute atomic E-state index is 13.3. The molecule has 4 atom stereocenters. The van der Waals surface area contributed by atoms with Crippen LogP contribution in [0.2, 0.25) is 0 Å². The summed E-state index contributed by atoms with van der Waals surface area (Å²) in [6.07, 6.45) is 3.73. The molecule has 2 aromatic rings. The largest absolute Gasteiger partial charge is 0.497 e. The average Bonchev–Trinajstić information content (AvgIpc) is 3.46. The molecular weight excluding hydrogens is 474 g/mol. The Morgan fingerprint density at radius 1 is 1.14 bits per heavy atom. The van der Waals surface area contributed by atoms with Gasteiger partial charge in [0.1, 0.15) is 11.8 Å². The number of likely N-dealkylation sites (tertiary alicyclic amines) is 1. The van der Waals surface area contributed by atoms with E-state index in [1.165, 1.54) is 6.26 Å². The fourth-order valence-electron chi connectivity index (χ4n) is 5.66. The van der Waals surface area contributed by atoms with Gasteiger partial charge in [0.05, 0.1) is 18.8 Å². The standard InChI is InChI=1S/C28H37N3O6/c1-27(2,3)30-19-8-11-23(28(4,15-19)26(34)35)31-13-12-21(25(31)33)29-24(32)22-14-18(16-37-22)17-6-9-20(36-5)10-7-17/h6-7,9-10,14,16,19,21,23,30H,8,11-13,15H2,1-5H3,(H,29,32)(H,34,35)/t19?,21-,23?,28?/m0/s1. The average molecular weight is 512 g/mol. The van der Waals surface area contributed by atoms with Crippen molar-refractivity contribution in [1.82, 2.24) is 15.5 Å². The van der Waals surface area contributed by atoms with E-state index in [0.717, 1.165) is 23.3 Å². The van der Waals surface area contributed by atoms with Crippen molar-refractivity contribution in [2.45, 2.75) is 77.0 Å². The van der Waals surface area contributed by atoms with Crippen molar-refractivity contribution in [3.63, 3.8) is 0 Å². The van der Waals surface area contributed by atoms with Crippen molar-refractivity contribution in [3.8, 4) is 16.9 Å². The predicted octanol–water partition coefficient (Wildman–Crippen LogP) is 3.69. The van der Waals surface area contributed by atoms with Gasteiger partial charge in [-0.25, -0.2) is 0 Å². The fourth-order valence-corrected chi connectivity index (χ4v) is 5.66. The van der Waals surface area contributed by atoms with E-state index in [-0.39, 0.29) is 23.2 Å². The van der Waals surface area contributed by atoms with E-state index in [1.807, 2.05) is 24.3 Å². The van der Waals surface area contributed by atoms with Gasteiger partial charge in [-0.15, -0.1) is 0 Å². The third kappa shape index (κ3) is 5.66. The highest BCUT2D eigenvalue weighted by Crippen LogP contribution is 2.41. The first-order valence-electron chi connectivity index (χ1n) is 12.8. The van der Waals surface area contributed by atoms with E-state index in [1.54, 1.807) is 25.0 Å². The second-order valence-electron chi connectivity index (χ2n) is 11.4. The molecule has 9 heteroatoms. The summed E-state index contributed by atoms with van der Waals surface area (Å²) in [4.78, 5) is 40.3. The number of hydrogen-bond acceptors (Lipinski definition) is 6. The molecule has 1 aliphatic carbocycles. The summed E-state index contributed by atoms with van der Waals surface area (Å²) < 4.78 is 10.7. The van der Waals surface area contributed by atoms with Gasteiger partial charge >= 0.3 is 5.97 Å². The Morgan fingerprint density at radius 3 is 2.46 bits per heavy atom. The van der Waals surface area contributed by atoms with Crippen LogP contribution < -0.4 is 15.4 Å². The highest BCUT2D eigenvalue weighted by molar-refractivity contribution is 5.97. The van der Waals surface area contributed by atoms with Gasteiger partial charge < -0.3 is 29.8 Å². The van der Waals surface area contributed by atoms with Crippen LogP contribution in [-0.2, 0) is 9.59 Å². The van der Waals surface area contributed by atoms with E-state index in [0.29, 0.717) is 25.8 Å². The first-order valence-corrected chi connectivity index (χ1v) is 12.8. The van der Waals surface area contributed by atoms with Crippen LogP contribution in [0.3, 0.4) is 0 Å². The third-order valence-electron chi connectivity index (χ3n) is 7.49. The van der Waals surface area contributed by atoms with E-state index in [9.17, 15) is 19.5 Å².